The first-order chi connectivity index (χ1) is 23.4. The Bertz CT molecular complexity index is 2080. The second-order valence-corrected chi connectivity index (χ2v) is 11.9. The van der Waals surface area contributed by atoms with Gasteiger partial charge < -0.3 is 10.6 Å². The predicted octanol–water partition coefficient (Wildman–Crippen LogP) is 9.10. The van der Waals surface area contributed by atoms with Crippen LogP contribution in [0.5, 0.6) is 0 Å². The first kappa shape index (κ1) is 30.5. The summed E-state index contributed by atoms with van der Waals surface area (Å²) in [7, 11) is 0. The molecule has 7 rings (SSSR count). The van der Waals surface area contributed by atoms with Crippen LogP contribution in [-0.4, -0.2) is 21.8 Å². The number of carbonyl (C=O) groups excluding carboxylic acids is 2. The zero-order chi connectivity index (χ0) is 33.0. The molecule has 0 fully saturated rings. The number of benzene rings is 5. The van der Waals surface area contributed by atoms with Crippen LogP contribution < -0.4 is 10.6 Å². The second kappa shape index (κ2) is 13.3. The molecule has 234 valence electrons. The van der Waals surface area contributed by atoms with E-state index in [2.05, 4.69) is 10.6 Å². The Hall–Kier alpha value is -6.14. The maximum absolute atomic E-state index is 14.1. The normalized spacial score (nSPS) is 12.4. The quantitative estimate of drug-likeness (QED) is 0.165. The van der Waals surface area contributed by atoms with Gasteiger partial charge in [0.25, 0.3) is 11.8 Å². The minimum atomic E-state index is -0.229. The molecule has 0 aliphatic carbocycles. The molecule has 2 amide bonds. The molecule has 0 spiro atoms. The summed E-state index contributed by atoms with van der Waals surface area (Å²) < 4.78 is 0. The summed E-state index contributed by atoms with van der Waals surface area (Å²) >= 11 is 0. The van der Waals surface area contributed by atoms with Crippen molar-refractivity contribution in [3.05, 3.63) is 168 Å². The summed E-state index contributed by atoms with van der Waals surface area (Å²) in [6, 6.07) is 46.4. The highest BCUT2D eigenvalue weighted by atomic mass is 16.2. The van der Waals surface area contributed by atoms with E-state index in [0.29, 0.717) is 44.3 Å². The van der Waals surface area contributed by atoms with E-state index in [1.165, 1.54) is 0 Å². The fourth-order valence-corrected chi connectivity index (χ4v) is 6.03. The molecule has 0 radical (unpaired) electrons. The van der Waals surface area contributed by atoms with Crippen molar-refractivity contribution in [3.63, 3.8) is 0 Å². The average Bonchev–Trinajstić information content (AvgIpc) is 3.14. The van der Waals surface area contributed by atoms with Gasteiger partial charge in [-0.25, -0.2) is 9.97 Å². The summed E-state index contributed by atoms with van der Waals surface area (Å²) in [6.45, 7) is 3.94. The number of rotatable bonds is 8. The Balaban J connectivity index is 1.41. The van der Waals surface area contributed by atoms with E-state index in [-0.39, 0.29) is 23.9 Å². The van der Waals surface area contributed by atoms with Crippen molar-refractivity contribution in [2.45, 2.75) is 25.9 Å². The van der Waals surface area contributed by atoms with Crippen molar-refractivity contribution < 1.29 is 9.59 Å². The second-order valence-electron chi connectivity index (χ2n) is 11.9. The first-order valence-corrected chi connectivity index (χ1v) is 16.1. The number of aromatic nitrogens is 2. The fourth-order valence-electron chi connectivity index (χ4n) is 6.03. The van der Waals surface area contributed by atoms with Crippen LogP contribution in [-0.2, 0) is 0 Å². The van der Waals surface area contributed by atoms with Crippen molar-refractivity contribution in [1.82, 2.24) is 20.6 Å². The summed E-state index contributed by atoms with van der Waals surface area (Å²) in [5.74, 6) is -0.458. The highest BCUT2D eigenvalue weighted by Crippen LogP contribution is 2.32. The molecule has 0 saturated carbocycles. The summed E-state index contributed by atoms with van der Waals surface area (Å²) in [6.07, 6.45) is 0. The molecule has 0 bridgehead atoms. The zero-order valence-electron chi connectivity index (χ0n) is 26.7. The van der Waals surface area contributed by atoms with Gasteiger partial charge in [0.05, 0.1) is 45.6 Å². The van der Waals surface area contributed by atoms with Gasteiger partial charge in [0.15, 0.2) is 0 Å². The molecule has 5 aromatic carbocycles. The number of fused-ring (bicyclic) bond motifs is 2. The van der Waals surface area contributed by atoms with Crippen LogP contribution in [0.3, 0.4) is 0 Å². The Morgan fingerprint density at radius 2 is 0.833 bits per heavy atom. The lowest BCUT2D eigenvalue weighted by molar-refractivity contribution is 0.0933. The van der Waals surface area contributed by atoms with Crippen LogP contribution in [0.1, 0.15) is 57.8 Å². The molecule has 6 nitrogen and oxygen atoms in total. The van der Waals surface area contributed by atoms with Gasteiger partial charge in [-0.15, -0.1) is 0 Å². The van der Waals surface area contributed by atoms with Crippen LogP contribution >= 0.6 is 0 Å². The summed E-state index contributed by atoms with van der Waals surface area (Å²) in [5.41, 5.74) is 7.31. The van der Waals surface area contributed by atoms with Gasteiger partial charge in [-0.2, -0.15) is 0 Å². The highest BCUT2D eigenvalue weighted by molar-refractivity contribution is 6.14. The Morgan fingerprint density at radius 3 is 1.21 bits per heavy atom. The lowest BCUT2D eigenvalue weighted by Crippen LogP contribution is -2.27. The zero-order valence-corrected chi connectivity index (χ0v) is 26.7. The largest absolute Gasteiger partial charge is 0.345 e. The minimum absolute atomic E-state index is 0.224. The van der Waals surface area contributed by atoms with E-state index in [1.54, 1.807) is 0 Å². The summed E-state index contributed by atoms with van der Waals surface area (Å²) in [4.78, 5) is 38.2. The predicted molar refractivity (Wildman–Crippen MR) is 193 cm³/mol. The van der Waals surface area contributed by atoms with Gasteiger partial charge in [0.2, 0.25) is 0 Å². The molecule has 48 heavy (non-hydrogen) atoms. The van der Waals surface area contributed by atoms with E-state index in [4.69, 9.17) is 9.97 Å². The van der Waals surface area contributed by atoms with E-state index in [0.717, 1.165) is 22.3 Å². The molecule has 2 heterocycles. The third-order valence-electron chi connectivity index (χ3n) is 8.66. The molecule has 0 saturated heterocycles. The Labute approximate surface area is 279 Å². The fraction of sp³-hybridized carbons (Fsp3) is 0.0952. The van der Waals surface area contributed by atoms with E-state index in [9.17, 15) is 9.59 Å². The number of pyridine rings is 2. The smallest absolute Gasteiger partial charge is 0.252 e. The Morgan fingerprint density at radius 1 is 0.479 bits per heavy atom. The third kappa shape index (κ3) is 6.29. The third-order valence-corrected chi connectivity index (χ3v) is 8.66. The van der Waals surface area contributed by atoms with Crippen molar-refractivity contribution in [2.75, 3.05) is 0 Å². The van der Waals surface area contributed by atoms with Gasteiger partial charge in [-0.1, -0.05) is 121 Å². The van der Waals surface area contributed by atoms with Crippen LogP contribution in [0, 0.1) is 0 Å². The number of hydrogen-bond donors (Lipinski definition) is 2. The molecule has 0 aliphatic heterocycles. The lowest BCUT2D eigenvalue weighted by Gasteiger charge is -2.18. The molecule has 7 aromatic rings. The molecule has 2 atom stereocenters. The van der Waals surface area contributed by atoms with Gasteiger partial charge in [-0.05, 0) is 49.2 Å². The molecule has 2 aromatic heterocycles. The number of hydrogen-bond acceptors (Lipinski definition) is 4. The topological polar surface area (TPSA) is 84.0 Å². The van der Waals surface area contributed by atoms with Crippen LogP contribution in [0.4, 0.5) is 0 Å². The van der Waals surface area contributed by atoms with Gasteiger partial charge in [0.1, 0.15) is 0 Å². The molecule has 6 heteroatoms. The van der Waals surface area contributed by atoms with Gasteiger partial charge in [0, 0.05) is 21.9 Å². The number of nitrogens with one attached hydrogen (secondary N) is 2. The van der Waals surface area contributed by atoms with Gasteiger partial charge in [-0.3, -0.25) is 9.59 Å². The molecular formula is C42H34N4O2. The Kier molecular flexibility index (Phi) is 8.46. The standard InChI is InChI=1S/C42H34N4O2/c1-27(29-15-7-3-8-16-29)43-41(47)35-24-37(31-19-11-5-12-20-31)45-39-26-40-34(23-33(35)39)36(25-38(46-40)32-21-13-6-14-22-32)42(48)44-28(2)30-17-9-4-10-18-30/h3-28H,1-2H3,(H,43,47)(H,44,48)/t27-,28-/m1/s1. The van der Waals surface area contributed by atoms with Gasteiger partial charge >= 0.3 is 0 Å². The van der Waals surface area contributed by atoms with Crippen molar-refractivity contribution in [1.29, 1.82) is 0 Å². The molecule has 0 unspecified atom stereocenters. The molecular weight excluding hydrogens is 592 g/mol. The van der Waals surface area contributed by atoms with Crippen LogP contribution in [0.15, 0.2) is 146 Å². The molecule has 0 aliphatic rings. The lowest BCUT2D eigenvalue weighted by atomic mass is 9.97. The van der Waals surface area contributed by atoms with E-state index < -0.39 is 0 Å². The van der Waals surface area contributed by atoms with Crippen molar-refractivity contribution in [2.24, 2.45) is 0 Å². The van der Waals surface area contributed by atoms with E-state index in [1.807, 2.05) is 159 Å². The van der Waals surface area contributed by atoms with Crippen molar-refractivity contribution >= 4 is 33.6 Å². The van der Waals surface area contributed by atoms with Crippen LogP contribution in [0.25, 0.3) is 44.3 Å². The SMILES string of the molecule is C[C@@H](NC(=O)c1cc(-c2ccccc2)nc2cc3nc(-c4ccccc4)cc(C(=O)N[C@H](C)c4ccccc4)c3cc12)c1ccccc1. The highest BCUT2D eigenvalue weighted by Gasteiger charge is 2.21. The summed E-state index contributed by atoms with van der Waals surface area (Å²) in [5, 5.41) is 7.64. The van der Waals surface area contributed by atoms with Crippen molar-refractivity contribution in [3.8, 4) is 22.5 Å². The molecule has 2 N–H and O–H groups in total. The average molecular weight is 627 g/mol. The minimum Gasteiger partial charge on any atom is -0.345 e. The maximum atomic E-state index is 14.1. The maximum Gasteiger partial charge on any atom is 0.252 e. The van der Waals surface area contributed by atoms with E-state index >= 15 is 0 Å². The number of nitrogens with zero attached hydrogens (tertiary/aromatic N) is 2. The van der Waals surface area contributed by atoms with Crippen LogP contribution in [0.2, 0.25) is 0 Å². The number of amides is 2. The monoisotopic (exact) mass is 626 g/mol. The number of carbonyl (C=O) groups is 2. The first-order valence-electron chi connectivity index (χ1n) is 16.1.